The Balaban J connectivity index is 1.86. The van der Waals surface area contributed by atoms with Gasteiger partial charge in [-0.1, -0.05) is 24.0 Å². The largest absolute Gasteiger partial charge is 0.309 e. The molecular formula is C22H17NO. The third-order valence-electron chi connectivity index (χ3n) is 4.49. The Hall–Kier alpha value is -2.97. The lowest BCUT2D eigenvalue weighted by molar-refractivity contribution is 0.757. The number of aromatic nitrogens is 1. The van der Waals surface area contributed by atoms with Gasteiger partial charge < -0.3 is 4.57 Å². The monoisotopic (exact) mass is 311 g/mol. The molecule has 0 aliphatic heterocycles. The van der Waals surface area contributed by atoms with E-state index in [0.29, 0.717) is 12.5 Å². The molecule has 0 spiro atoms. The number of nitrogens with zero attached hydrogens (tertiary/aromatic N) is 1. The predicted octanol–water partition coefficient (Wildman–Crippen LogP) is 3.90. The van der Waals surface area contributed by atoms with Gasteiger partial charge in [-0.2, -0.15) is 0 Å². The molecule has 2 nitrogen and oxygen atoms in total. The van der Waals surface area contributed by atoms with Crippen molar-refractivity contribution in [3.05, 3.63) is 81.6 Å². The van der Waals surface area contributed by atoms with Crippen LogP contribution in [0.4, 0.5) is 0 Å². The van der Waals surface area contributed by atoms with Crippen LogP contribution in [0.25, 0.3) is 10.9 Å². The maximum atomic E-state index is 12.3. The van der Waals surface area contributed by atoms with E-state index in [4.69, 9.17) is 0 Å². The summed E-state index contributed by atoms with van der Waals surface area (Å²) >= 11 is 0. The average Bonchev–Trinajstić information content (AvgIpc) is 3.45. The highest BCUT2D eigenvalue weighted by molar-refractivity contribution is 5.85. The second-order valence-electron chi connectivity index (χ2n) is 6.16. The molecular weight excluding hydrogens is 294 g/mol. The molecule has 24 heavy (non-hydrogen) atoms. The number of hydrogen-bond donors (Lipinski definition) is 0. The molecule has 1 aliphatic carbocycles. The van der Waals surface area contributed by atoms with Crippen LogP contribution < -0.4 is 5.56 Å². The molecule has 3 aromatic rings. The minimum absolute atomic E-state index is 0.0989. The zero-order chi connectivity index (χ0) is 16.5. The standard InChI is InChI=1S/C22H17NO/c1-2-23-21-13-10-17(9-8-16-6-4-3-5-7-16)14-20(21)19(15-22(23)24)18-11-12-18/h4,6-7,10,13-15,18H,2,11-12H2,1H3. The van der Waals surface area contributed by atoms with E-state index in [1.165, 1.54) is 23.8 Å². The quantitative estimate of drug-likeness (QED) is 0.658. The molecule has 0 unspecified atom stereocenters. The van der Waals surface area contributed by atoms with Crippen LogP contribution in [0.3, 0.4) is 0 Å². The van der Waals surface area contributed by atoms with Gasteiger partial charge in [0.1, 0.15) is 0 Å². The zero-order valence-electron chi connectivity index (χ0n) is 13.6. The van der Waals surface area contributed by atoms with Gasteiger partial charge in [0.2, 0.25) is 0 Å². The first kappa shape index (κ1) is 14.6. The minimum atomic E-state index is 0.0989. The molecule has 1 aliphatic rings. The molecule has 1 saturated carbocycles. The van der Waals surface area contributed by atoms with Crippen LogP contribution in [0.15, 0.2) is 47.3 Å². The lowest BCUT2D eigenvalue weighted by Gasteiger charge is -2.12. The van der Waals surface area contributed by atoms with Crippen molar-refractivity contribution in [2.75, 3.05) is 0 Å². The van der Waals surface area contributed by atoms with E-state index in [2.05, 4.69) is 30.0 Å². The number of hydrogen-bond acceptors (Lipinski definition) is 1. The summed E-state index contributed by atoms with van der Waals surface area (Å²) in [5.41, 5.74) is 4.20. The zero-order valence-corrected chi connectivity index (χ0v) is 13.6. The van der Waals surface area contributed by atoms with Gasteiger partial charge in [-0.3, -0.25) is 4.79 Å². The Morgan fingerprint density at radius 3 is 2.67 bits per heavy atom. The maximum absolute atomic E-state index is 12.3. The van der Waals surface area contributed by atoms with E-state index in [1.807, 2.05) is 47.9 Å². The molecule has 1 heterocycles. The normalized spacial score (nSPS) is 13.2. The van der Waals surface area contributed by atoms with Crippen molar-refractivity contribution in [3.63, 3.8) is 0 Å². The summed E-state index contributed by atoms with van der Waals surface area (Å²) in [6, 6.07) is 19.3. The summed E-state index contributed by atoms with van der Waals surface area (Å²) in [5, 5.41) is 1.17. The second kappa shape index (κ2) is 5.91. The average molecular weight is 311 g/mol. The van der Waals surface area contributed by atoms with Gasteiger partial charge in [0, 0.05) is 35.2 Å². The third-order valence-corrected chi connectivity index (χ3v) is 4.49. The van der Waals surface area contributed by atoms with E-state index in [-0.39, 0.29) is 5.56 Å². The lowest BCUT2D eigenvalue weighted by Crippen LogP contribution is -2.19. The van der Waals surface area contributed by atoms with E-state index in [9.17, 15) is 4.79 Å². The maximum Gasteiger partial charge on any atom is 0.251 e. The molecule has 116 valence electrons. The van der Waals surface area contributed by atoms with Crippen molar-refractivity contribution in [2.45, 2.75) is 32.2 Å². The number of benzene rings is 1. The molecule has 0 atom stereocenters. The summed E-state index contributed by atoms with van der Waals surface area (Å²) in [4.78, 5) is 12.3. The number of pyridine rings is 1. The Morgan fingerprint density at radius 2 is 1.96 bits per heavy atom. The topological polar surface area (TPSA) is 22.0 Å². The molecule has 0 radical (unpaired) electrons. The third kappa shape index (κ3) is 2.68. The molecule has 1 aromatic heterocycles. The van der Waals surface area contributed by atoms with Gasteiger partial charge in [-0.05, 0) is 61.6 Å². The van der Waals surface area contributed by atoms with Gasteiger partial charge in [0.25, 0.3) is 5.56 Å². The van der Waals surface area contributed by atoms with Crippen LogP contribution in [-0.4, -0.2) is 4.57 Å². The molecule has 4 rings (SSSR count). The van der Waals surface area contributed by atoms with Crippen molar-refractivity contribution < 1.29 is 0 Å². The lowest BCUT2D eigenvalue weighted by atomic mass is 10.0. The van der Waals surface area contributed by atoms with Crippen LogP contribution in [0.5, 0.6) is 0 Å². The first-order chi connectivity index (χ1) is 11.8. The number of aryl methyl sites for hydroxylation is 1. The highest BCUT2D eigenvalue weighted by Crippen LogP contribution is 2.42. The second-order valence-corrected chi connectivity index (χ2v) is 6.16. The summed E-state index contributed by atoms with van der Waals surface area (Å²) in [6.45, 7) is 2.69. The number of fused-ring (bicyclic) bond motifs is 1. The molecule has 0 bridgehead atoms. The van der Waals surface area contributed by atoms with E-state index < -0.39 is 0 Å². The van der Waals surface area contributed by atoms with Crippen LogP contribution in [0.1, 0.15) is 42.4 Å². The van der Waals surface area contributed by atoms with Gasteiger partial charge in [-0.15, -0.1) is 0 Å². The van der Waals surface area contributed by atoms with E-state index in [0.717, 1.165) is 16.6 Å². The SMILES string of the molecule is CCn1c(=O)cc(C2CC2)c2cc(C#Cc3cc#ccc3)ccc21. The molecule has 0 saturated heterocycles. The van der Waals surface area contributed by atoms with E-state index in [1.54, 1.807) is 0 Å². The van der Waals surface area contributed by atoms with Crippen LogP contribution >= 0.6 is 0 Å². The van der Waals surface area contributed by atoms with Crippen molar-refractivity contribution in [1.82, 2.24) is 4.57 Å². The first-order valence-corrected chi connectivity index (χ1v) is 8.33. The van der Waals surface area contributed by atoms with Crippen LogP contribution in [0, 0.1) is 24.0 Å². The fourth-order valence-electron chi connectivity index (χ4n) is 3.12. The summed E-state index contributed by atoms with van der Waals surface area (Å²) < 4.78 is 1.83. The molecule has 2 aromatic carbocycles. The fraction of sp³-hybridized carbons (Fsp3) is 0.227. The van der Waals surface area contributed by atoms with Crippen molar-refractivity contribution >= 4 is 10.9 Å². The van der Waals surface area contributed by atoms with Crippen LogP contribution in [0.2, 0.25) is 0 Å². The Bertz CT molecular complexity index is 1010. The van der Waals surface area contributed by atoms with Gasteiger partial charge in [-0.25, -0.2) is 0 Å². The molecule has 1 fully saturated rings. The molecule has 2 heteroatoms. The van der Waals surface area contributed by atoms with Gasteiger partial charge in [0.15, 0.2) is 0 Å². The number of rotatable bonds is 2. The highest BCUT2D eigenvalue weighted by Gasteiger charge is 2.26. The highest BCUT2D eigenvalue weighted by atomic mass is 16.1. The van der Waals surface area contributed by atoms with Crippen molar-refractivity contribution in [1.29, 1.82) is 0 Å². The Labute approximate surface area is 141 Å². The van der Waals surface area contributed by atoms with Gasteiger partial charge >= 0.3 is 0 Å². The minimum Gasteiger partial charge on any atom is -0.309 e. The van der Waals surface area contributed by atoms with Crippen molar-refractivity contribution in [2.24, 2.45) is 0 Å². The Kier molecular flexibility index (Phi) is 3.60. The fourth-order valence-corrected chi connectivity index (χ4v) is 3.12. The van der Waals surface area contributed by atoms with Crippen LogP contribution in [-0.2, 0) is 6.54 Å². The molecule has 0 N–H and O–H groups in total. The molecule has 0 amide bonds. The smallest absolute Gasteiger partial charge is 0.251 e. The summed E-state index contributed by atoms with van der Waals surface area (Å²) in [5.74, 6) is 6.92. The predicted molar refractivity (Wildman–Crippen MR) is 96.0 cm³/mol. The van der Waals surface area contributed by atoms with Gasteiger partial charge in [0.05, 0.1) is 5.52 Å². The first-order valence-electron chi connectivity index (χ1n) is 8.33. The summed E-state index contributed by atoms with van der Waals surface area (Å²) in [6.07, 6.45) is 2.36. The van der Waals surface area contributed by atoms with Crippen molar-refractivity contribution in [3.8, 4) is 11.8 Å². The van der Waals surface area contributed by atoms with E-state index >= 15 is 0 Å². The summed E-state index contributed by atoms with van der Waals surface area (Å²) in [7, 11) is 0. The Morgan fingerprint density at radius 1 is 1.12 bits per heavy atom.